The molecule has 1 aliphatic carbocycles. The molecule has 2 atom stereocenters. The fourth-order valence-corrected chi connectivity index (χ4v) is 3.92. The first-order valence-electron chi connectivity index (χ1n) is 8.77. The zero-order valence-corrected chi connectivity index (χ0v) is 16.9. The van der Waals surface area contributed by atoms with Crippen LogP contribution in [0.25, 0.3) is 0 Å². The molecule has 0 radical (unpaired) electrons. The van der Waals surface area contributed by atoms with Gasteiger partial charge in [-0.2, -0.15) is 12.6 Å². The van der Waals surface area contributed by atoms with Crippen LogP contribution in [0.1, 0.15) is 42.3 Å². The molecule has 1 heterocycles. The van der Waals surface area contributed by atoms with Gasteiger partial charge in [-0.15, -0.1) is 0 Å². The number of benzene rings is 1. The van der Waals surface area contributed by atoms with E-state index in [1.807, 2.05) is 0 Å². The maximum atomic E-state index is 13.4. The number of fused-ring (bicyclic) bond motifs is 3. The number of hydrogen-bond donors (Lipinski definition) is 3. The average molecular weight is 403 g/mol. The summed E-state index contributed by atoms with van der Waals surface area (Å²) in [6.45, 7) is 6.19. The predicted molar refractivity (Wildman–Crippen MR) is 106 cm³/mol. The van der Waals surface area contributed by atoms with Crippen molar-refractivity contribution < 1.29 is 29.3 Å². The van der Waals surface area contributed by atoms with Crippen LogP contribution in [-0.4, -0.2) is 45.6 Å². The molecule has 1 aliphatic heterocycles. The number of phenolic OH excluding ortho intramolecular Hbond substituents is 2. The summed E-state index contributed by atoms with van der Waals surface area (Å²) in [5.74, 6) is -2.91. The van der Waals surface area contributed by atoms with Crippen molar-refractivity contribution in [2.24, 2.45) is 10.9 Å². The molecule has 28 heavy (non-hydrogen) atoms. The summed E-state index contributed by atoms with van der Waals surface area (Å²) >= 11 is 4.09. The number of carbonyl (C=O) groups excluding carboxylic acids is 3. The van der Waals surface area contributed by atoms with Crippen molar-refractivity contribution in [1.82, 2.24) is 0 Å². The highest BCUT2D eigenvalue weighted by atomic mass is 32.1. The van der Waals surface area contributed by atoms with E-state index in [0.29, 0.717) is 18.0 Å². The molecule has 3 rings (SSSR count). The summed E-state index contributed by atoms with van der Waals surface area (Å²) < 4.78 is 5.70. The quantitative estimate of drug-likeness (QED) is 0.308. The zero-order chi connectivity index (χ0) is 21.0. The number of hydrogen-bond acceptors (Lipinski definition) is 8. The highest BCUT2D eigenvalue weighted by Crippen LogP contribution is 2.57. The maximum absolute atomic E-state index is 13.4. The Bertz CT molecular complexity index is 993. The Morgan fingerprint density at radius 3 is 2.50 bits per heavy atom. The molecule has 0 amide bonds. The number of aromatic hydroxyl groups is 2. The van der Waals surface area contributed by atoms with Crippen molar-refractivity contribution in [1.29, 1.82) is 0 Å². The van der Waals surface area contributed by atoms with E-state index in [0.717, 1.165) is 0 Å². The van der Waals surface area contributed by atoms with Crippen molar-refractivity contribution in [2.45, 2.75) is 33.1 Å². The number of thiol groups is 1. The van der Waals surface area contributed by atoms with E-state index in [1.165, 1.54) is 19.9 Å². The number of nitrogens with zero attached hydrogens (tertiary/aromatic N) is 1. The zero-order valence-electron chi connectivity index (χ0n) is 16.0. The summed E-state index contributed by atoms with van der Waals surface area (Å²) in [6.07, 6.45) is 1.21. The third kappa shape index (κ3) is 2.58. The molecule has 0 fully saturated rings. The SMILES string of the molecule is CC(=O)c1c(O)c(C)c(O)c2c1OC1=CC(=O)C(C(C)=NCCS)C(=O)C12C. The van der Waals surface area contributed by atoms with E-state index in [9.17, 15) is 24.6 Å². The second kappa shape index (κ2) is 6.77. The van der Waals surface area contributed by atoms with E-state index in [1.54, 1.807) is 13.8 Å². The number of aliphatic imine (C=N–C) groups is 1. The van der Waals surface area contributed by atoms with Gasteiger partial charge in [0.2, 0.25) is 0 Å². The molecular formula is C20H21NO6S. The van der Waals surface area contributed by atoms with E-state index in [-0.39, 0.29) is 33.9 Å². The minimum Gasteiger partial charge on any atom is -0.507 e. The Balaban J connectivity index is 2.29. The lowest BCUT2D eigenvalue weighted by molar-refractivity contribution is -0.131. The molecule has 0 aromatic heterocycles. The van der Waals surface area contributed by atoms with Gasteiger partial charge in [0.1, 0.15) is 39.9 Å². The molecule has 2 unspecified atom stereocenters. The van der Waals surface area contributed by atoms with E-state index < -0.39 is 34.4 Å². The monoisotopic (exact) mass is 403 g/mol. The van der Waals surface area contributed by atoms with Crippen LogP contribution in [0, 0.1) is 12.8 Å². The first-order chi connectivity index (χ1) is 13.1. The van der Waals surface area contributed by atoms with Crippen molar-refractivity contribution in [2.75, 3.05) is 12.3 Å². The minimum absolute atomic E-state index is 0.0264. The fraction of sp³-hybridized carbons (Fsp3) is 0.400. The molecule has 0 saturated heterocycles. The summed E-state index contributed by atoms with van der Waals surface area (Å²) in [5.41, 5.74) is -1.09. The van der Waals surface area contributed by atoms with Gasteiger partial charge in [-0.3, -0.25) is 19.4 Å². The molecule has 148 valence electrons. The molecule has 0 bridgehead atoms. The van der Waals surface area contributed by atoms with Crippen molar-refractivity contribution in [3.8, 4) is 17.2 Å². The average Bonchev–Trinajstić information content (AvgIpc) is 2.91. The van der Waals surface area contributed by atoms with Crippen LogP contribution in [0.15, 0.2) is 16.8 Å². The number of phenols is 2. The smallest absolute Gasteiger partial charge is 0.175 e. The lowest BCUT2D eigenvalue weighted by Crippen LogP contribution is -2.47. The van der Waals surface area contributed by atoms with E-state index >= 15 is 0 Å². The third-order valence-corrected chi connectivity index (χ3v) is 5.59. The molecular weight excluding hydrogens is 382 g/mol. The van der Waals surface area contributed by atoms with E-state index in [2.05, 4.69) is 17.6 Å². The lowest BCUT2D eigenvalue weighted by atomic mass is 9.67. The number of rotatable bonds is 4. The standard InChI is InChI=1S/C20H21NO6S/c1-8-16(24)14(10(3)22)18-15(17(8)25)20(4)12(27-18)7-11(23)13(19(20)26)9(2)21-5-6-28/h7,13,24-25,28H,5-6H2,1-4H3. The largest absolute Gasteiger partial charge is 0.507 e. The maximum Gasteiger partial charge on any atom is 0.175 e. The van der Waals surface area contributed by atoms with Crippen LogP contribution in [0.4, 0.5) is 0 Å². The minimum atomic E-state index is -1.47. The van der Waals surface area contributed by atoms with Gasteiger partial charge in [0, 0.05) is 29.6 Å². The highest BCUT2D eigenvalue weighted by molar-refractivity contribution is 7.80. The van der Waals surface area contributed by atoms with Crippen molar-refractivity contribution in [3.63, 3.8) is 0 Å². The fourth-order valence-electron chi connectivity index (χ4n) is 3.82. The second-order valence-corrected chi connectivity index (χ2v) is 7.59. The Morgan fingerprint density at radius 1 is 1.29 bits per heavy atom. The molecule has 2 N–H and O–H groups in total. The summed E-state index contributed by atoms with van der Waals surface area (Å²) in [4.78, 5) is 42.4. The van der Waals surface area contributed by atoms with Gasteiger partial charge >= 0.3 is 0 Å². The van der Waals surface area contributed by atoms with Gasteiger partial charge < -0.3 is 14.9 Å². The van der Waals surface area contributed by atoms with Crippen LogP contribution in [0.5, 0.6) is 17.2 Å². The Labute approximate surface area is 167 Å². The van der Waals surface area contributed by atoms with Crippen LogP contribution in [0.3, 0.4) is 0 Å². The molecule has 0 saturated carbocycles. The van der Waals surface area contributed by atoms with Gasteiger partial charge in [-0.05, 0) is 27.7 Å². The normalized spacial score (nSPS) is 23.8. The predicted octanol–water partition coefficient (Wildman–Crippen LogP) is 2.30. The van der Waals surface area contributed by atoms with Crippen LogP contribution < -0.4 is 4.74 Å². The van der Waals surface area contributed by atoms with E-state index in [4.69, 9.17) is 4.74 Å². The molecule has 1 aromatic rings. The first kappa shape index (κ1) is 20.1. The van der Waals surface area contributed by atoms with Gasteiger partial charge in [-0.25, -0.2) is 0 Å². The summed E-state index contributed by atoms with van der Waals surface area (Å²) in [5, 5.41) is 21.0. The lowest BCUT2D eigenvalue weighted by Gasteiger charge is -2.31. The van der Waals surface area contributed by atoms with Crippen LogP contribution in [-0.2, 0) is 15.0 Å². The van der Waals surface area contributed by atoms with Gasteiger partial charge in [-0.1, -0.05) is 0 Å². The molecule has 2 aliphatic rings. The Hall–Kier alpha value is -2.61. The van der Waals surface area contributed by atoms with Crippen LogP contribution in [0.2, 0.25) is 0 Å². The number of Topliss-reactive ketones (excluding diaryl/α,β-unsaturated/α-hetero) is 2. The number of carbonyl (C=O) groups is 3. The number of ketones is 3. The first-order valence-corrected chi connectivity index (χ1v) is 9.40. The Kier molecular flexibility index (Phi) is 4.87. The molecule has 1 aromatic carbocycles. The second-order valence-electron chi connectivity index (χ2n) is 7.14. The number of ether oxygens (including phenoxy) is 1. The van der Waals surface area contributed by atoms with Crippen molar-refractivity contribution >= 4 is 35.7 Å². The molecule has 7 nitrogen and oxygen atoms in total. The summed E-state index contributed by atoms with van der Waals surface area (Å²) in [7, 11) is 0. The molecule has 0 spiro atoms. The van der Waals surface area contributed by atoms with Gasteiger partial charge in [0.25, 0.3) is 0 Å². The third-order valence-electron chi connectivity index (χ3n) is 5.39. The molecule has 8 heteroatoms. The van der Waals surface area contributed by atoms with Crippen molar-refractivity contribution in [3.05, 3.63) is 28.5 Å². The van der Waals surface area contributed by atoms with Gasteiger partial charge in [0.15, 0.2) is 17.3 Å². The number of allylic oxidation sites excluding steroid dienone is 2. The topological polar surface area (TPSA) is 113 Å². The Morgan fingerprint density at radius 2 is 1.93 bits per heavy atom. The van der Waals surface area contributed by atoms with Crippen LogP contribution >= 0.6 is 12.6 Å². The van der Waals surface area contributed by atoms with Gasteiger partial charge in [0.05, 0.1) is 5.56 Å². The highest BCUT2D eigenvalue weighted by Gasteiger charge is 2.57. The summed E-state index contributed by atoms with van der Waals surface area (Å²) in [6, 6.07) is 0.